The Labute approximate surface area is 85.9 Å². The predicted molar refractivity (Wildman–Crippen MR) is 58.3 cm³/mol. The lowest BCUT2D eigenvalue weighted by Crippen LogP contribution is -2.08. The van der Waals surface area contributed by atoms with Crippen LogP contribution in [0.5, 0.6) is 0 Å². The van der Waals surface area contributed by atoms with Gasteiger partial charge in [0.15, 0.2) is 0 Å². The average molecular weight is 197 g/mol. The summed E-state index contributed by atoms with van der Waals surface area (Å²) in [6.07, 6.45) is 2.62. The van der Waals surface area contributed by atoms with Crippen molar-refractivity contribution >= 4 is 12.2 Å². The number of ether oxygens (including phenoxy) is 1. The summed E-state index contributed by atoms with van der Waals surface area (Å²) in [5, 5.41) is 0. The standard InChI is InChI=1S/C11H19NO2/c1-9(2)14-10(13)8-12-7-6-11(3,4)5/h7H,1,6,8H2,2-5H3. The molecule has 0 aromatic carbocycles. The number of hydrogen-bond acceptors (Lipinski definition) is 3. The van der Waals surface area contributed by atoms with E-state index in [1.807, 2.05) is 0 Å². The van der Waals surface area contributed by atoms with Crippen molar-refractivity contribution in [2.24, 2.45) is 10.4 Å². The van der Waals surface area contributed by atoms with Gasteiger partial charge in [-0.25, -0.2) is 4.79 Å². The molecule has 0 aliphatic heterocycles. The van der Waals surface area contributed by atoms with Crippen LogP contribution < -0.4 is 0 Å². The Hall–Kier alpha value is -1.12. The van der Waals surface area contributed by atoms with Gasteiger partial charge in [0.05, 0.1) is 5.76 Å². The third-order valence-electron chi connectivity index (χ3n) is 1.34. The first-order valence-electron chi connectivity index (χ1n) is 4.66. The molecule has 14 heavy (non-hydrogen) atoms. The lowest BCUT2D eigenvalue weighted by atomic mass is 9.93. The van der Waals surface area contributed by atoms with Crippen molar-refractivity contribution in [1.82, 2.24) is 0 Å². The summed E-state index contributed by atoms with van der Waals surface area (Å²) in [6, 6.07) is 0. The molecule has 0 bridgehead atoms. The maximum Gasteiger partial charge on any atom is 0.332 e. The molecule has 0 aliphatic rings. The van der Waals surface area contributed by atoms with E-state index in [2.05, 4.69) is 32.3 Å². The molecule has 0 aromatic heterocycles. The molecule has 3 nitrogen and oxygen atoms in total. The minimum absolute atomic E-state index is 0.0724. The Morgan fingerprint density at radius 2 is 2.07 bits per heavy atom. The Morgan fingerprint density at radius 1 is 1.50 bits per heavy atom. The van der Waals surface area contributed by atoms with E-state index in [1.165, 1.54) is 0 Å². The van der Waals surface area contributed by atoms with Crippen molar-refractivity contribution in [1.29, 1.82) is 0 Å². The van der Waals surface area contributed by atoms with E-state index in [0.717, 1.165) is 6.42 Å². The van der Waals surface area contributed by atoms with Crippen LogP contribution in [-0.2, 0) is 9.53 Å². The molecule has 0 unspecified atom stereocenters. The van der Waals surface area contributed by atoms with Gasteiger partial charge in [0.25, 0.3) is 0 Å². The molecule has 0 radical (unpaired) electrons. The third kappa shape index (κ3) is 8.97. The van der Waals surface area contributed by atoms with Gasteiger partial charge in [0.1, 0.15) is 6.54 Å². The van der Waals surface area contributed by atoms with Gasteiger partial charge < -0.3 is 4.74 Å². The van der Waals surface area contributed by atoms with E-state index < -0.39 is 0 Å². The molecule has 0 saturated carbocycles. The summed E-state index contributed by atoms with van der Waals surface area (Å²) in [5.74, 6) is 0.0451. The van der Waals surface area contributed by atoms with E-state index >= 15 is 0 Å². The number of rotatable bonds is 4. The third-order valence-corrected chi connectivity index (χ3v) is 1.34. The van der Waals surface area contributed by atoms with Crippen LogP contribution in [0.1, 0.15) is 34.1 Å². The van der Waals surface area contributed by atoms with E-state index in [0.29, 0.717) is 5.76 Å². The predicted octanol–water partition coefficient (Wildman–Crippen LogP) is 2.57. The molecule has 80 valence electrons. The van der Waals surface area contributed by atoms with E-state index in [4.69, 9.17) is 4.74 Å². The zero-order valence-electron chi connectivity index (χ0n) is 9.46. The van der Waals surface area contributed by atoms with E-state index in [9.17, 15) is 4.79 Å². The van der Waals surface area contributed by atoms with Crippen molar-refractivity contribution in [3.63, 3.8) is 0 Å². The first-order valence-corrected chi connectivity index (χ1v) is 4.66. The van der Waals surface area contributed by atoms with Crippen LogP contribution in [0.25, 0.3) is 0 Å². The molecular formula is C11H19NO2. The zero-order chi connectivity index (χ0) is 11.2. The topological polar surface area (TPSA) is 38.7 Å². The number of aliphatic imine (C=N–C) groups is 1. The van der Waals surface area contributed by atoms with Crippen LogP contribution >= 0.6 is 0 Å². The number of esters is 1. The lowest BCUT2D eigenvalue weighted by Gasteiger charge is -2.13. The minimum Gasteiger partial charge on any atom is -0.431 e. The largest absolute Gasteiger partial charge is 0.431 e. The van der Waals surface area contributed by atoms with Crippen LogP contribution in [0.15, 0.2) is 17.3 Å². The maximum absolute atomic E-state index is 11.0. The molecule has 0 amide bonds. The lowest BCUT2D eigenvalue weighted by molar-refractivity contribution is -0.137. The summed E-state index contributed by atoms with van der Waals surface area (Å²) in [4.78, 5) is 15.0. The monoisotopic (exact) mass is 197 g/mol. The average Bonchev–Trinajstić information content (AvgIpc) is 1.95. The van der Waals surface area contributed by atoms with Crippen LogP contribution in [0, 0.1) is 5.41 Å². The molecule has 0 N–H and O–H groups in total. The van der Waals surface area contributed by atoms with Crippen molar-refractivity contribution in [2.45, 2.75) is 34.1 Å². The fraction of sp³-hybridized carbons (Fsp3) is 0.636. The molecular weight excluding hydrogens is 178 g/mol. The van der Waals surface area contributed by atoms with Crippen LogP contribution in [0.2, 0.25) is 0 Å². The molecule has 0 saturated heterocycles. The second-order valence-corrected chi connectivity index (χ2v) is 4.46. The van der Waals surface area contributed by atoms with Gasteiger partial charge in [-0.05, 0) is 25.0 Å². The molecule has 0 spiro atoms. The van der Waals surface area contributed by atoms with Gasteiger partial charge in [-0.2, -0.15) is 0 Å². The van der Waals surface area contributed by atoms with Crippen molar-refractivity contribution < 1.29 is 9.53 Å². The van der Waals surface area contributed by atoms with Crippen LogP contribution in [-0.4, -0.2) is 18.7 Å². The molecule has 0 heterocycles. The summed E-state index contributed by atoms with van der Waals surface area (Å²) >= 11 is 0. The number of nitrogens with zero attached hydrogens (tertiary/aromatic N) is 1. The highest BCUT2D eigenvalue weighted by molar-refractivity contribution is 5.74. The van der Waals surface area contributed by atoms with Gasteiger partial charge in [0, 0.05) is 0 Å². The fourth-order valence-electron chi connectivity index (χ4n) is 0.704. The quantitative estimate of drug-likeness (QED) is 0.394. The normalized spacial score (nSPS) is 11.7. The summed E-state index contributed by atoms with van der Waals surface area (Å²) in [7, 11) is 0. The smallest absolute Gasteiger partial charge is 0.332 e. The highest BCUT2D eigenvalue weighted by Crippen LogP contribution is 2.15. The molecule has 0 rings (SSSR count). The Bertz CT molecular complexity index is 236. The molecule has 0 aliphatic carbocycles. The number of hydrogen-bond donors (Lipinski definition) is 0. The highest BCUT2D eigenvalue weighted by Gasteiger charge is 2.07. The van der Waals surface area contributed by atoms with Crippen LogP contribution in [0.4, 0.5) is 0 Å². The SMILES string of the molecule is C=C(C)OC(=O)CN=CCC(C)(C)C. The molecule has 0 atom stereocenters. The summed E-state index contributed by atoms with van der Waals surface area (Å²) in [5.41, 5.74) is 0.210. The van der Waals surface area contributed by atoms with Crippen LogP contribution in [0.3, 0.4) is 0 Å². The van der Waals surface area contributed by atoms with Crippen molar-refractivity contribution in [3.8, 4) is 0 Å². The number of carbonyl (C=O) groups is 1. The first kappa shape index (κ1) is 12.9. The number of carbonyl (C=O) groups excluding carboxylic acids is 1. The van der Waals surface area contributed by atoms with Gasteiger partial charge in [-0.15, -0.1) is 0 Å². The van der Waals surface area contributed by atoms with E-state index in [-0.39, 0.29) is 17.9 Å². The second kappa shape index (κ2) is 5.58. The molecule has 3 heteroatoms. The minimum atomic E-state index is -0.359. The van der Waals surface area contributed by atoms with Gasteiger partial charge in [-0.3, -0.25) is 4.99 Å². The van der Waals surface area contributed by atoms with Gasteiger partial charge in [-0.1, -0.05) is 27.4 Å². The van der Waals surface area contributed by atoms with Gasteiger partial charge >= 0.3 is 5.97 Å². The maximum atomic E-state index is 11.0. The Kier molecular flexibility index (Phi) is 5.13. The Balaban J connectivity index is 3.72. The highest BCUT2D eigenvalue weighted by atomic mass is 16.5. The van der Waals surface area contributed by atoms with E-state index in [1.54, 1.807) is 13.1 Å². The molecule has 0 fully saturated rings. The summed E-state index contributed by atoms with van der Waals surface area (Å²) in [6.45, 7) is 11.5. The zero-order valence-corrected chi connectivity index (χ0v) is 9.46. The van der Waals surface area contributed by atoms with Gasteiger partial charge in [0.2, 0.25) is 0 Å². The fourth-order valence-corrected chi connectivity index (χ4v) is 0.704. The Morgan fingerprint density at radius 3 is 2.50 bits per heavy atom. The number of allylic oxidation sites excluding steroid dienone is 1. The second-order valence-electron chi connectivity index (χ2n) is 4.46. The molecule has 0 aromatic rings. The summed E-state index contributed by atoms with van der Waals surface area (Å²) < 4.78 is 4.74. The van der Waals surface area contributed by atoms with Crippen molar-refractivity contribution in [2.75, 3.05) is 6.54 Å². The first-order chi connectivity index (χ1) is 6.31. The van der Waals surface area contributed by atoms with Crippen molar-refractivity contribution in [3.05, 3.63) is 12.3 Å².